The number of fused-ring (bicyclic) bond motifs is 4. The summed E-state index contributed by atoms with van der Waals surface area (Å²) in [5.41, 5.74) is 0.878. The fourth-order valence-corrected chi connectivity index (χ4v) is 6.94. The van der Waals surface area contributed by atoms with Crippen molar-refractivity contribution in [3.05, 3.63) is 69.6 Å². The molecule has 0 atom stereocenters. The highest BCUT2D eigenvalue weighted by Crippen LogP contribution is 2.34. The van der Waals surface area contributed by atoms with Crippen LogP contribution in [0.25, 0.3) is 21.0 Å². The second-order valence-electron chi connectivity index (χ2n) is 7.87. The highest BCUT2D eigenvalue weighted by molar-refractivity contribution is 7.89. The number of methoxy groups -OCH3 is 1. The van der Waals surface area contributed by atoms with Crippen molar-refractivity contribution in [1.29, 1.82) is 0 Å². The van der Waals surface area contributed by atoms with Crippen LogP contribution in [0.3, 0.4) is 0 Å². The van der Waals surface area contributed by atoms with E-state index in [9.17, 15) is 13.2 Å². The lowest BCUT2D eigenvalue weighted by Gasteiger charge is -2.26. The highest BCUT2D eigenvalue weighted by atomic mass is 32.2. The van der Waals surface area contributed by atoms with Crippen molar-refractivity contribution in [1.82, 2.24) is 13.9 Å². The fourth-order valence-electron chi connectivity index (χ4n) is 4.22. The summed E-state index contributed by atoms with van der Waals surface area (Å²) in [6.45, 7) is 1.72. The summed E-state index contributed by atoms with van der Waals surface area (Å²) in [6.07, 6.45) is 2.81. The molecule has 0 bridgehead atoms. The number of thiophene rings is 1. The van der Waals surface area contributed by atoms with Gasteiger partial charge < -0.3 is 4.74 Å². The van der Waals surface area contributed by atoms with Crippen molar-refractivity contribution < 1.29 is 13.2 Å². The summed E-state index contributed by atoms with van der Waals surface area (Å²) < 4.78 is 34.9. The maximum atomic E-state index is 13.4. The van der Waals surface area contributed by atoms with Crippen LogP contribution in [0.15, 0.2) is 58.5 Å². The Morgan fingerprint density at radius 2 is 1.97 bits per heavy atom. The molecule has 5 rings (SSSR count). The minimum Gasteiger partial charge on any atom is -0.385 e. The van der Waals surface area contributed by atoms with Crippen LogP contribution in [0.5, 0.6) is 0 Å². The highest BCUT2D eigenvalue weighted by Gasteiger charge is 2.31. The molecule has 0 amide bonds. The number of hydrogen-bond donors (Lipinski definition) is 0. The van der Waals surface area contributed by atoms with Gasteiger partial charge in [-0.3, -0.25) is 9.36 Å². The van der Waals surface area contributed by atoms with Crippen molar-refractivity contribution in [2.24, 2.45) is 0 Å². The minimum absolute atomic E-state index is 0.0607. The molecular weight excluding hydrogens is 446 g/mol. The molecule has 0 unspecified atom stereocenters. The zero-order valence-corrected chi connectivity index (χ0v) is 19.3. The average Bonchev–Trinajstić information content (AvgIpc) is 3.19. The molecule has 0 saturated heterocycles. The van der Waals surface area contributed by atoms with Crippen LogP contribution in [0, 0.1) is 0 Å². The Morgan fingerprint density at radius 1 is 1.16 bits per heavy atom. The first-order chi connectivity index (χ1) is 15.5. The number of hydrogen-bond acceptors (Lipinski definition) is 6. The molecule has 2 aromatic carbocycles. The Morgan fingerprint density at radius 3 is 2.78 bits per heavy atom. The van der Waals surface area contributed by atoms with E-state index in [0.717, 1.165) is 27.6 Å². The minimum atomic E-state index is -3.64. The fraction of sp³-hybridized carbons (Fsp3) is 0.304. The van der Waals surface area contributed by atoms with Gasteiger partial charge in [-0.2, -0.15) is 4.31 Å². The number of aryl methyl sites for hydroxylation is 1. The first-order valence-corrected chi connectivity index (χ1v) is 12.7. The zero-order valence-electron chi connectivity index (χ0n) is 17.7. The van der Waals surface area contributed by atoms with Crippen LogP contribution in [0.4, 0.5) is 0 Å². The maximum absolute atomic E-state index is 13.4. The third-order valence-corrected chi connectivity index (χ3v) is 8.86. The molecule has 0 radical (unpaired) electrons. The average molecular weight is 470 g/mol. The first kappa shape index (κ1) is 21.3. The van der Waals surface area contributed by atoms with E-state index < -0.39 is 10.0 Å². The standard InChI is InChI=1S/C23H23N3O4S2/c1-30-12-4-10-25-15-24-22-21(23(25)27)19-9-11-26(14-20(19)31-22)32(28,29)18-8-7-16-5-2-3-6-17(16)13-18/h2-3,5-8,13,15H,4,9-12,14H2,1H3. The number of sulfonamides is 1. The summed E-state index contributed by atoms with van der Waals surface area (Å²) in [7, 11) is -2.01. The van der Waals surface area contributed by atoms with Crippen LogP contribution in [0.2, 0.25) is 0 Å². The van der Waals surface area contributed by atoms with Gasteiger partial charge in [0.1, 0.15) is 4.83 Å². The van der Waals surface area contributed by atoms with Gasteiger partial charge in [-0.25, -0.2) is 13.4 Å². The smallest absolute Gasteiger partial charge is 0.262 e. The van der Waals surface area contributed by atoms with Gasteiger partial charge in [0.15, 0.2) is 0 Å². The summed E-state index contributed by atoms with van der Waals surface area (Å²) in [5.74, 6) is 0. The predicted octanol–water partition coefficient (Wildman–Crippen LogP) is 3.39. The van der Waals surface area contributed by atoms with Crippen LogP contribution in [-0.4, -0.2) is 42.5 Å². The van der Waals surface area contributed by atoms with E-state index in [2.05, 4.69) is 4.98 Å². The molecule has 0 spiro atoms. The Hall–Kier alpha value is -2.59. The molecule has 32 heavy (non-hydrogen) atoms. The lowest BCUT2D eigenvalue weighted by Crippen LogP contribution is -2.35. The Labute approximate surface area is 189 Å². The molecule has 9 heteroatoms. The molecule has 0 aliphatic carbocycles. The van der Waals surface area contributed by atoms with Gasteiger partial charge in [-0.05, 0) is 41.3 Å². The molecule has 166 valence electrons. The van der Waals surface area contributed by atoms with Gasteiger partial charge in [-0.15, -0.1) is 11.3 Å². The number of rotatable bonds is 6. The van der Waals surface area contributed by atoms with E-state index in [1.807, 2.05) is 30.3 Å². The second kappa shape index (κ2) is 8.40. The molecule has 2 aromatic heterocycles. The van der Waals surface area contributed by atoms with Crippen LogP contribution in [-0.2, 0) is 34.3 Å². The summed E-state index contributed by atoms with van der Waals surface area (Å²) in [6, 6.07) is 12.9. The number of benzene rings is 2. The molecule has 3 heterocycles. The second-order valence-corrected chi connectivity index (χ2v) is 10.9. The lowest BCUT2D eigenvalue weighted by molar-refractivity contribution is 0.190. The van der Waals surface area contributed by atoms with Crippen molar-refractivity contribution >= 4 is 42.3 Å². The largest absolute Gasteiger partial charge is 0.385 e. The number of aromatic nitrogens is 2. The summed E-state index contributed by atoms with van der Waals surface area (Å²) >= 11 is 1.41. The van der Waals surface area contributed by atoms with Crippen molar-refractivity contribution in [3.63, 3.8) is 0 Å². The molecule has 4 aromatic rings. The van der Waals surface area contributed by atoms with Crippen LogP contribution >= 0.6 is 11.3 Å². The third-order valence-electron chi connectivity index (χ3n) is 5.90. The van der Waals surface area contributed by atoms with Crippen LogP contribution in [0.1, 0.15) is 16.9 Å². The van der Waals surface area contributed by atoms with E-state index in [1.165, 1.54) is 15.6 Å². The first-order valence-electron chi connectivity index (χ1n) is 10.5. The summed E-state index contributed by atoms with van der Waals surface area (Å²) in [4.78, 5) is 19.4. The van der Waals surface area contributed by atoms with E-state index in [-0.39, 0.29) is 12.1 Å². The van der Waals surface area contributed by atoms with Gasteiger partial charge in [0.2, 0.25) is 10.0 Å². The topological polar surface area (TPSA) is 81.5 Å². The molecular formula is C23H23N3O4S2. The van der Waals surface area contributed by atoms with Gasteiger partial charge >= 0.3 is 0 Å². The lowest BCUT2D eigenvalue weighted by atomic mass is 10.1. The predicted molar refractivity (Wildman–Crippen MR) is 126 cm³/mol. The van der Waals surface area contributed by atoms with Crippen molar-refractivity contribution in [2.45, 2.75) is 30.8 Å². The van der Waals surface area contributed by atoms with E-state index in [4.69, 9.17) is 4.74 Å². The molecule has 1 aliphatic heterocycles. The summed E-state index contributed by atoms with van der Waals surface area (Å²) in [5, 5.41) is 2.53. The molecule has 7 nitrogen and oxygen atoms in total. The van der Waals surface area contributed by atoms with E-state index >= 15 is 0 Å². The van der Waals surface area contributed by atoms with Gasteiger partial charge in [0.05, 0.1) is 16.6 Å². The van der Waals surface area contributed by atoms with E-state index in [0.29, 0.717) is 41.2 Å². The maximum Gasteiger partial charge on any atom is 0.262 e. The monoisotopic (exact) mass is 469 g/mol. The van der Waals surface area contributed by atoms with E-state index in [1.54, 1.807) is 30.1 Å². The Balaban J connectivity index is 1.47. The Bertz CT molecular complexity index is 1470. The van der Waals surface area contributed by atoms with Crippen molar-refractivity contribution in [2.75, 3.05) is 20.3 Å². The zero-order chi connectivity index (χ0) is 22.3. The number of nitrogens with zero attached hydrogens (tertiary/aromatic N) is 3. The molecule has 1 aliphatic rings. The molecule has 0 fully saturated rings. The van der Waals surface area contributed by atoms with Crippen LogP contribution < -0.4 is 5.56 Å². The van der Waals surface area contributed by atoms with Gasteiger partial charge in [0.25, 0.3) is 5.56 Å². The Kier molecular flexibility index (Phi) is 5.58. The van der Waals surface area contributed by atoms with Crippen molar-refractivity contribution in [3.8, 4) is 0 Å². The third kappa shape index (κ3) is 3.65. The SMILES string of the molecule is COCCCn1cnc2sc3c(c2c1=O)CCN(S(=O)(=O)c1ccc2ccccc2c1)C3. The molecule has 0 saturated carbocycles. The van der Waals surface area contributed by atoms with Gasteiger partial charge in [0, 0.05) is 38.2 Å². The quantitative estimate of drug-likeness (QED) is 0.404. The molecule has 0 N–H and O–H groups in total. The van der Waals surface area contributed by atoms with Gasteiger partial charge in [-0.1, -0.05) is 30.3 Å². The number of ether oxygens (including phenoxy) is 1. The normalized spacial score (nSPS) is 14.8.